The molecule has 0 aliphatic carbocycles. The highest BCUT2D eigenvalue weighted by atomic mass is 16.5. The van der Waals surface area contributed by atoms with Gasteiger partial charge >= 0.3 is 11.8 Å². The van der Waals surface area contributed by atoms with Crippen molar-refractivity contribution in [3.05, 3.63) is 39.2 Å². The lowest BCUT2D eigenvalue weighted by atomic mass is 10.2. The number of aliphatic hydroxyl groups excluding tert-OH is 2. The van der Waals surface area contributed by atoms with Gasteiger partial charge < -0.3 is 14.9 Å². The maximum absolute atomic E-state index is 11.6. The number of aliphatic hydroxyl groups is 2. The lowest BCUT2D eigenvalue weighted by molar-refractivity contribution is -0.191. The van der Waals surface area contributed by atoms with E-state index in [4.69, 9.17) is 19.4 Å². The summed E-state index contributed by atoms with van der Waals surface area (Å²) in [6.07, 6.45) is 0.801. The molecule has 0 radical (unpaired) electrons. The highest BCUT2D eigenvalue weighted by Crippen LogP contribution is 2.27. The summed E-state index contributed by atoms with van der Waals surface area (Å²) in [5.74, 6) is 0. The largest absolute Gasteiger partial charge is 0.394 e. The first-order valence-corrected chi connectivity index (χ1v) is 5.90. The van der Waals surface area contributed by atoms with Crippen molar-refractivity contribution < 1.29 is 24.5 Å². The van der Waals surface area contributed by atoms with Crippen LogP contribution in [0.15, 0.2) is 22.4 Å². The Morgan fingerprint density at radius 1 is 1.52 bits per heavy atom. The van der Waals surface area contributed by atoms with E-state index in [9.17, 15) is 14.7 Å². The molecule has 9 heteroatoms. The summed E-state index contributed by atoms with van der Waals surface area (Å²) in [5.41, 5.74) is -0.912. The first kappa shape index (κ1) is 16.7. The maximum Gasteiger partial charge on any atom is 0.373 e. The molecular weight excluding hydrogens is 284 g/mol. The van der Waals surface area contributed by atoms with Gasteiger partial charge in [-0.1, -0.05) is 12.7 Å². The summed E-state index contributed by atoms with van der Waals surface area (Å²) < 4.78 is 6.51. The SMILES string of the molecule is C=Cc1cn([C@H]2CC(O)[C@@H](CO)O2)c(=O)[nH]c1=O.O=C=O. The van der Waals surface area contributed by atoms with Crippen LogP contribution in [0, 0.1) is 0 Å². The van der Waals surface area contributed by atoms with E-state index < -0.39 is 29.7 Å². The number of nitrogens with zero attached hydrogens (tertiary/aromatic N) is 1. The molecule has 1 aliphatic rings. The van der Waals surface area contributed by atoms with Gasteiger partial charge in [0, 0.05) is 12.6 Å². The first-order chi connectivity index (χ1) is 9.98. The van der Waals surface area contributed by atoms with Crippen LogP contribution >= 0.6 is 0 Å². The summed E-state index contributed by atoms with van der Waals surface area (Å²) >= 11 is 0. The Morgan fingerprint density at radius 3 is 2.62 bits per heavy atom. The van der Waals surface area contributed by atoms with E-state index in [0.29, 0.717) is 0 Å². The van der Waals surface area contributed by atoms with Crippen molar-refractivity contribution in [1.29, 1.82) is 0 Å². The van der Waals surface area contributed by atoms with E-state index in [0.717, 1.165) is 0 Å². The average Bonchev–Trinajstić information content (AvgIpc) is 2.81. The molecule has 1 aliphatic heterocycles. The van der Waals surface area contributed by atoms with Gasteiger partial charge in [0.1, 0.15) is 12.3 Å². The number of H-pyrrole nitrogens is 1. The van der Waals surface area contributed by atoms with Crippen molar-refractivity contribution in [1.82, 2.24) is 9.55 Å². The summed E-state index contributed by atoms with van der Waals surface area (Å²) in [5, 5.41) is 18.6. The first-order valence-electron chi connectivity index (χ1n) is 5.90. The van der Waals surface area contributed by atoms with Crippen LogP contribution in [0.3, 0.4) is 0 Å². The fourth-order valence-corrected chi connectivity index (χ4v) is 1.91. The second-order valence-corrected chi connectivity index (χ2v) is 4.15. The monoisotopic (exact) mass is 298 g/mol. The average molecular weight is 298 g/mol. The Kier molecular flexibility index (Phi) is 5.94. The Morgan fingerprint density at radius 2 is 2.14 bits per heavy atom. The zero-order valence-electron chi connectivity index (χ0n) is 10.9. The van der Waals surface area contributed by atoms with Crippen molar-refractivity contribution in [3.63, 3.8) is 0 Å². The predicted octanol–water partition coefficient (Wildman–Crippen LogP) is -1.76. The summed E-state index contributed by atoms with van der Waals surface area (Å²) in [4.78, 5) is 41.4. The van der Waals surface area contributed by atoms with Crippen LogP contribution in [0.1, 0.15) is 18.2 Å². The Balaban J connectivity index is 0.000000677. The number of aromatic nitrogens is 2. The van der Waals surface area contributed by atoms with Crippen LogP contribution in [0.5, 0.6) is 0 Å². The van der Waals surface area contributed by atoms with Gasteiger partial charge in [0.25, 0.3) is 5.56 Å². The van der Waals surface area contributed by atoms with Crippen LogP contribution in [0.4, 0.5) is 0 Å². The minimum atomic E-state index is -0.842. The van der Waals surface area contributed by atoms with E-state index in [1.807, 2.05) is 0 Å². The molecular formula is C12H14N2O7. The summed E-state index contributed by atoms with van der Waals surface area (Å²) in [7, 11) is 0. The van der Waals surface area contributed by atoms with Crippen molar-refractivity contribution in [2.75, 3.05) is 6.61 Å². The number of carbonyl (C=O) groups excluding carboxylic acids is 2. The van der Waals surface area contributed by atoms with Gasteiger partial charge in [0.2, 0.25) is 0 Å². The number of nitrogens with one attached hydrogen (secondary N) is 1. The van der Waals surface area contributed by atoms with E-state index in [1.54, 1.807) is 0 Å². The third-order valence-electron chi connectivity index (χ3n) is 2.91. The number of hydrogen-bond acceptors (Lipinski definition) is 7. The molecule has 1 saturated heterocycles. The lowest BCUT2D eigenvalue weighted by Crippen LogP contribution is -2.33. The van der Waals surface area contributed by atoms with Gasteiger partial charge in [-0.3, -0.25) is 14.3 Å². The molecule has 2 heterocycles. The van der Waals surface area contributed by atoms with Gasteiger partial charge in [-0.25, -0.2) is 4.79 Å². The zero-order chi connectivity index (χ0) is 16.0. The van der Waals surface area contributed by atoms with Crippen molar-refractivity contribution in [2.24, 2.45) is 0 Å². The lowest BCUT2D eigenvalue weighted by Gasteiger charge is -2.14. The molecule has 9 nitrogen and oxygen atoms in total. The molecule has 0 amide bonds. The van der Waals surface area contributed by atoms with E-state index in [2.05, 4.69) is 11.6 Å². The molecule has 114 valence electrons. The molecule has 3 atom stereocenters. The molecule has 2 rings (SSSR count). The smallest absolute Gasteiger partial charge is 0.373 e. The van der Waals surface area contributed by atoms with Crippen molar-refractivity contribution >= 4 is 12.2 Å². The van der Waals surface area contributed by atoms with Crippen LogP contribution in [0.2, 0.25) is 0 Å². The molecule has 21 heavy (non-hydrogen) atoms. The van der Waals surface area contributed by atoms with E-state index in [1.165, 1.54) is 16.8 Å². The zero-order valence-corrected chi connectivity index (χ0v) is 10.9. The molecule has 3 N–H and O–H groups in total. The summed E-state index contributed by atoms with van der Waals surface area (Å²) in [6.45, 7) is 3.14. The molecule has 0 saturated carbocycles. The third-order valence-corrected chi connectivity index (χ3v) is 2.91. The molecule has 1 fully saturated rings. The quantitative estimate of drug-likeness (QED) is 0.600. The minimum absolute atomic E-state index is 0.174. The normalized spacial score (nSPS) is 23.8. The summed E-state index contributed by atoms with van der Waals surface area (Å²) in [6, 6.07) is 0. The number of rotatable bonds is 3. The molecule has 1 unspecified atom stereocenters. The Labute approximate surface area is 118 Å². The molecule has 1 aromatic rings. The number of hydrogen-bond donors (Lipinski definition) is 3. The topological polar surface area (TPSA) is 139 Å². The third kappa shape index (κ3) is 3.83. The number of aromatic amines is 1. The highest BCUT2D eigenvalue weighted by Gasteiger charge is 2.34. The number of ether oxygens (including phenoxy) is 1. The van der Waals surface area contributed by atoms with Gasteiger partial charge in [0.15, 0.2) is 0 Å². The van der Waals surface area contributed by atoms with E-state index in [-0.39, 0.29) is 24.7 Å². The Bertz CT molecular complexity index is 642. The second kappa shape index (κ2) is 7.46. The van der Waals surface area contributed by atoms with Crippen LogP contribution in [-0.4, -0.2) is 44.7 Å². The molecule has 0 spiro atoms. The molecule has 0 aromatic carbocycles. The second-order valence-electron chi connectivity index (χ2n) is 4.15. The van der Waals surface area contributed by atoms with Crippen LogP contribution in [0.25, 0.3) is 6.08 Å². The highest BCUT2D eigenvalue weighted by molar-refractivity contribution is 5.43. The Hall–Kier alpha value is -2.32. The van der Waals surface area contributed by atoms with Gasteiger partial charge in [-0.05, 0) is 0 Å². The molecule has 1 aromatic heterocycles. The van der Waals surface area contributed by atoms with Crippen molar-refractivity contribution in [2.45, 2.75) is 24.9 Å². The minimum Gasteiger partial charge on any atom is -0.394 e. The van der Waals surface area contributed by atoms with Crippen LogP contribution < -0.4 is 11.2 Å². The maximum atomic E-state index is 11.6. The van der Waals surface area contributed by atoms with Gasteiger partial charge in [-0.15, -0.1) is 0 Å². The fourth-order valence-electron chi connectivity index (χ4n) is 1.91. The van der Waals surface area contributed by atoms with Gasteiger partial charge in [-0.2, -0.15) is 9.59 Å². The van der Waals surface area contributed by atoms with E-state index >= 15 is 0 Å². The van der Waals surface area contributed by atoms with Gasteiger partial charge in [0.05, 0.1) is 18.3 Å². The van der Waals surface area contributed by atoms with Crippen molar-refractivity contribution in [3.8, 4) is 0 Å². The predicted molar refractivity (Wildman–Crippen MR) is 68.0 cm³/mol. The molecule has 0 bridgehead atoms. The fraction of sp³-hybridized carbons (Fsp3) is 0.417. The standard InChI is InChI=1S/C11H14N2O5.CO2/c1-2-6-4-13(11(17)12-10(6)16)9-3-7(15)8(5-14)18-9;2-1-3/h2,4,7-9,14-15H,1,3,5H2,(H,12,16,17);/t7?,8-,9-;/m1./s1. The van der Waals surface area contributed by atoms with Crippen LogP contribution in [-0.2, 0) is 14.3 Å².